The maximum Gasteiger partial charge on any atom is 0.250 e. The van der Waals surface area contributed by atoms with E-state index in [1.165, 1.54) is 0 Å². The summed E-state index contributed by atoms with van der Waals surface area (Å²) in [6, 6.07) is 9.59. The van der Waals surface area contributed by atoms with E-state index in [4.69, 9.17) is 5.73 Å². The van der Waals surface area contributed by atoms with Crippen molar-refractivity contribution in [2.75, 3.05) is 18.0 Å². The lowest BCUT2D eigenvalue weighted by molar-refractivity contribution is 0.100. The van der Waals surface area contributed by atoms with Crippen LogP contribution in [0.2, 0.25) is 0 Å². The minimum atomic E-state index is -0.411. The van der Waals surface area contributed by atoms with Crippen LogP contribution in [-0.4, -0.2) is 38.7 Å². The van der Waals surface area contributed by atoms with E-state index in [1.54, 1.807) is 18.6 Å². The molecule has 3 heterocycles. The van der Waals surface area contributed by atoms with Gasteiger partial charge in [0, 0.05) is 49.6 Å². The third kappa shape index (κ3) is 3.28. The number of amides is 1. The molecule has 1 saturated heterocycles. The normalized spacial score (nSPS) is 15.1. The van der Waals surface area contributed by atoms with Crippen LogP contribution >= 0.6 is 0 Å². The largest absolute Gasteiger partial charge is 0.370 e. The van der Waals surface area contributed by atoms with E-state index in [9.17, 15) is 4.79 Å². The van der Waals surface area contributed by atoms with Gasteiger partial charge in [-0.1, -0.05) is 18.2 Å². The van der Waals surface area contributed by atoms with Crippen LogP contribution in [0, 0.1) is 0 Å². The van der Waals surface area contributed by atoms with Gasteiger partial charge in [-0.05, 0) is 25.0 Å². The molecule has 0 saturated carbocycles. The molecule has 1 aliphatic rings. The second-order valence-electron chi connectivity index (χ2n) is 6.87. The molecule has 1 aromatic carbocycles. The zero-order valence-electron chi connectivity index (χ0n) is 15.2. The Labute approximate surface area is 157 Å². The van der Waals surface area contributed by atoms with Crippen LogP contribution in [0.25, 0.3) is 11.1 Å². The standard InChI is InChI=1S/C20H22N6O/c1-25-13-23-24-20(25)14-7-10-26(11-8-14)18-16(15-4-3-9-22-12-15)5-2-6-17(18)19(21)27/h2-6,9,12-14H,7-8,10-11H2,1H3,(H2,21,27). The van der Waals surface area contributed by atoms with Crippen LogP contribution in [0.3, 0.4) is 0 Å². The number of para-hydroxylation sites is 1. The number of pyridine rings is 1. The second-order valence-corrected chi connectivity index (χ2v) is 6.87. The first-order valence-electron chi connectivity index (χ1n) is 9.07. The van der Waals surface area contributed by atoms with Crippen LogP contribution < -0.4 is 10.6 Å². The first-order valence-corrected chi connectivity index (χ1v) is 9.07. The number of nitrogens with two attached hydrogens (primary N) is 1. The van der Waals surface area contributed by atoms with Gasteiger partial charge in [0.1, 0.15) is 12.2 Å². The van der Waals surface area contributed by atoms with Crippen molar-refractivity contribution in [2.45, 2.75) is 18.8 Å². The van der Waals surface area contributed by atoms with Crippen molar-refractivity contribution in [2.24, 2.45) is 12.8 Å². The van der Waals surface area contributed by atoms with Crippen LogP contribution in [0.4, 0.5) is 5.69 Å². The highest BCUT2D eigenvalue weighted by molar-refractivity contribution is 6.02. The van der Waals surface area contributed by atoms with Gasteiger partial charge < -0.3 is 15.2 Å². The van der Waals surface area contributed by atoms with E-state index in [-0.39, 0.29) is 0 Å². The Hall–Kier alpha value is -3.22. The van der Waals surface area contributed by atoms with Crippen molar-refractivity contribution < 1.29 is 4.79 Å². The number of aryl methyl sites for hydroxylation is 1. The third-order valence-corrected chi connectivity index (χ3v) is 5.20. The Bertz CT molecular complexity index is 944. The highest BCUT2D eigenvalue weighted by Gasteiger charge is 2.27. The Kier molecular flexibility index (Phi) is 4.58. The molecule has 0 bridgehead atoms. The smallest absolute Gasteiger partial charge is 0.250 e. The van der Waals surface area contributed by atoms with Crippen molar-refractivity contribution in [3.05, 3.63) is 60.4 Å². The highest BCUT2D eigenvalue weighted by Crippen LogP contribution is 2.37. The molecule has 7 nitrogen and oxygen atoms in total. The number of anilines is 1. The summed E-state index contributed by atoms with van der Waals surface area (Å²) in [6.07, 6.45) is 7.20. The lowest BCUT2D eigenvalue weighted by Crippen LogP contribution is -2.35. The third-order valence-electron chi connectivity index (χ3n) is 5.20. The summed E-state index contributed by atoms with van der Waals surface area (Å²) < 4.78 is 1.98. The van der Waals surface area contributed by atoms with Crippen LogP contribution in [0.15, 0.2) is 49.1 Å². The Balaban J connectivity index is 1.67. The summed E-state index contributed by atoms with van der Waals surface area (Å²) in [5, 5.41) is 8.26. The van der Waals surface area contributed by atoms with Crippen molar-refractivity contribution in [3.63, 3.8) is 0 Å². The van der Waals surface area contributed by atoms with E-state index < -0.39 is 5.91 Å². The molecular formula is C20H22N6O. The number of hydrogen-bond acceptors (Lipinski definition) is 5. The number of primary amides is 1. The maximum atomic E-state index is 12.1. The van der Waals surface area contributed by atoms with Crippen molar-refractivity contribution in [3.8, 4) is 11.1 Å². The highest BCUT2D eigenvalue weighted by atomic mass is 16.1. The SMILES string of the molecule is Cn1cnnc1C1CCN(c2c(C(N)=O)cccc2-c2cccnc2)CC1. The Morgan fingerprint density at radius 1 is 1.19 bits per heavy atom. The molecule has 1 amide bonds. The lowest BCUT2D eigenvalue weighted by Gasteiger charge is -2.35. The van der Waals surface area contributed by atoms with Gasteiger partial charge in [-0.3, -0.25) is 9.78 Å². The van der Waals surface area contributed by atoms with Gasteiger partial charge in [-0.25, -0.2) is 0 Å². The van der Waals surface area contributed by atoms with Gasteiger partial charge in [-0.15, -0.1) is 10.2 Å². The quantitative estimate of drug-likeness (QED) is 0.769. The van der Waals surface area contributed by atoms with Gasteiger partial charge in [0.05, 0.1) is 11.3 Å². The molecule has 4 rings (SSSR count). The molecule has 0 radical (unpaired) electrons. The number of aromatic nitrogens is 4. The number of carbonyl (C=O) groups excluding carboxylic acids is 1. The molecule has 0 atom stereocenters. The van der Waals surface area contributed by atoms with Gasteiger partial charge in [0.15, 0.2) is 0 Å². The zero-order valence-corrected chi connectivity index (χ0v) is 15.2. The molecule has 0 spiro atoms. The molecule has 2 aromatic heterocycles. The van der Waals surface area contributed by atoms with E-state index in [0.717, 1.165) is 48.6 Å². The number of hydrogen-bond donors (Lipinski definition) is 1. The maximum absolute atomic E-state index is 12.1. The first kappa shape index (κ1) is 17.2. The van der Waals surface area contributed by atoms with E-state index >= 15 is 0 Å². The molecule has 0 aliphatic carbocycles. The van der Waals surface area contributed by atoms with E-state index in [2.05, 4.69) is 20.1 Å². The number of benzene rings is 1. The molecule has 0 unspecified atom stereocenters. The number of nitrogens with zero attached hydrogens (tertiary/aromatic N) is 5. The summed E-state index contributed by atoms with van der Waals surface area (Å²) in [5.74, 6) is 0.979. The molecular weight excluding hydrogens is 340 g/mol. The van der Waals surface area contributed by atoms with Gasteiger partial charge >= 0.3 is 0 Å². The fourth-order valence-electron chi connectivity index (χ4n) is 3.86. The van der Waals surface area contributed by atoms with Crippen LogP contribution in [-0.2, 0) is 7.05 Å². The molecule has 1 fully saturated rings. The van der Waals surface area contributed by atoms with Gasteiger partial charge in [0.2, 0.25) is 0 Å². The summed E-state index contributed by atoms with van der Waals surface area (Å²) in [4.78, 5) is 18.6. The van der Waals surface area contributed by atoms with Gasteiger partial charge in [-0.2, -0.15) is 0 Å². The number of rotatable bonds is 4. The minimum absolute atomic E-state index is 0.372. The first-order chi connectivity index (χ1) is 13.1. The molecule has 2 N–H and O–H groups in total. The predicted molar refractivity (Wildman–Crippen MR) is 103 cm³/mol. The number of piperidine rings is 1. The van der Waals surface area contributed by atoms with Crippen molar-refractivity contribution in [1.82, 2.24) is 19.7 Å². The fourth-order valence-corrected chi connectivity index (χ4v) is 3.86. The van der Waals surface area contributed by atoms with Crippen LogP contribution in [0.1, 0.15) is 34.9 Å². The summed E-state index contributed by atoms with van der Waals surface area (Å²) in [7, 11) is 1.98. The summed E-state index contributed by atoms with van der Waals surface area (Å²) in [6.45, 7) is 1.66. The molecule has 1 aliphatic heterocycles. The second kappa shape index (κ2) is 7.19. The van der Waals surface area contributed by atoms with Crippen molar-refractivity contribution >= 4 is 11.6 Å². The number of carbonyl (C=O) groups is 1. The van der Waals surface area contributed by atoms with Crippen molar-refractivity contribution in [1.29, 1.82) is 0 Å². The molecule has 7 heteroatoms. The molecule has 3 aromatic rings. The Morgan fingerprint density at radius 2 is 2.00 bits per heavy atom. The average molecular weight is 362 g/mol. The minimum Gasteiger partial charge on any atom is -0.370 e. The van der Waals surface area contributed by atoms with Gasteiger partial charge in [0.25, 0.3) is 5.91 Å². The molecule has 138 valence electrons. The predicted octanol–water partition coefficient (Wildman–Crippen LogP) is 2.36. The lowest BCUT2D eigenvalue weighted by atomic mass is 9.93. The topological polar surface area (TPSA) is 89.9 Å². The van der Waals surface area contributed by atoms with E-state index in [1.807, 2.05) is 42.1 Å². The Morgan fingerprint density at radius 3 is 2.63 bits per heavy atom. The molecule has 27 heavy (non-hydrogen) atoms. The summed E-state index contributed by atoms with van der Waals surface area (Å²) in [5.41, 5.74) is 9.10. The van der Waals surface area contributed by atoms with E-state index in [0.29, 0.717) is 11.5 Å². The average Bonchev–Trinajstić information content (AvgIpc) is 3.14. The van der Waals surface area contributed by atoms with Crippen LogP contribution in [0.5, 0.6) is 0 Å². The fraction of sp³-hybridized carbons (Fsp3) is 0.300. The summed E-state index contributed by atoms with van der Waals surface area (Å²) >= 11 is 0. The monoisotopic (exact) mass is 362 g/mol. The zero-order chi connectivity index (χ0) is 18.8.